The highest BCUT2D eigenvalue weighted by Gasteiger charge is 2.15. The second-order valence-corrected chi connectivity index (χ2v) is 7.84. The Bertz CT molecular complexity index is 1550. The molecule has 0 unspecified atom stereocenters. The summed E-state index contributed by atoms with van der Waals surface area (Å²) in [5.74, 6) is 0. The molecule has 2 N–H and O–H groups in total. The number of fused-ring (bicyclic) bond motifs is 3. The van der Waals surface area contributed by atoms with Crippen LogP contribution in [0.5, 0.6) is 0 Å². The van der Waals surface area contributed by atoms with E-state index in [1.165, 1.54) is 55.2 Å². The maximum atomic E-state index is 9.47. The summed E-state index contributed by atoms with van der Waals surface area (Å²) in [6, 6.07) is 34.5. The van der Waals surface area contributed by atoms with Gasteiger partial charge in [-0.3, -0.25) is 0 Å². The molecule has 0 amide bonds. The molecular weight excluding hydrogens is 388 g/mol. The van der Waals surface area contributed by atoms with Crippen LogP contribution in [0, 0.1) is 11.3 Å². The van der Waals surface area contributed by atoms with E-state index in [0.29, 0.717) is 12.0 Å². The van der Waals surface area contributed by atoms with E-state index in [4.69, 9.17) is 5.73 Å². The van der Waals surface area contributed by atoms with E-state index in [9.17, 15) is 5.26 Å². The molecule has 0 aliphatic heterocycles. The molecule has 0 aromatic heterocycles. The van der Waals surface area contributed by atoms with E-state index in [0.717, 1.165) is 0 Å². The van der Waals surface area contributed by atoms with E-state index >= 15 is 0 Å². The van der Waals surface area contributed by atoms with Crippen molar-refractivity contribution in [3.63, 3.8) is 0 Å². The van der Waals surface area contributed by atoms with Crippen molar-refractivity contribution in [3.8, 4) is 17.2 Å². The normalized spacial score (nSPS) is 12.0. The molecular formula is C30H22N2. The average molecular weight is 411 g/mol. The van der Waals surface area contributed by atoms with Crippen molar-refractivity contribution < 1.29 is 0 Å². The van der Waals surface area contributed by atoms with Crippen molar-refractivity contribution in [1.29, 1.82) is 5.26 Å². The molecule has 0 aliphatic rings. The van der Waals surface area contributed by atoms with Gasteiger partial charge in [0.25, 0.3) is 0 Å². The third kappa shape index (κ3) is 3.41. The fourth-order valence-electron chi connectivity index (χ4n) is 4.55. The van der Waals surface area contributed by atoms with Crippen LogP contribution in [0.2, 0.25) is 0 Å². The molecule has 0 bridgehead atoms. The highest BCUT2D eigenvalue weighted by molar-refractivity contribution is 6.17. The van der Waals surface area contributed by atoms with Crippen LogP contribution in [-0.2, 0) is 6.42 Å². The number of nitrogens with two attached hydrogens (primary N) is 1. The predicted molar refractivity (Wildman–Crippen MR) is 135 cm³/mol. The monoisotopic (exact) mass is 410 g/mol. The summed E-state index contributed by atoms with van der Waals surface area (Å²) in [6.07, 6.45) is 5.68. The summed E-state index contributed by atoms with van der Waals surface area (Å²) < 4.78 is 0. The van der Waals surface area contributed by atoms with Gasteiger partial charge in [-0.15, -0.1) is 0 Å². The summed E-state index contributed by atoms with van der Waals surface area (Å²) in [7, 11) is 0. The number of rotatable bonds is 4. The Kier molecular flexibility index (Phi) is 5.15. The molecule has 0 saturated carbocycles. The van der Waals surface area contributed by atoms with Crippen LogP contribution in [-0.4, -0.2) is 0 Å². The molecule has 0 aliphatic carbocycles. The van der Waals surface area contributed by atoms with E-state index in [1.807, 2.05) is 6.08 Å². The predicted octanol–water partition coefficient (Wildman–Crippen LogP) is 7.28. The zero-order valence-electron chi connectivity index (χ0n) is 17.6. The highest BCUT2D eigenvalue weighted by Crippen LogP contribution is 2.41. The maximum absolute atomic E-state index is 9.47. The molecule has 32 heavy (non-hydrogen) atoms. The van der Waals surface area contributed by atoms with Crippen LogP contribution >= 0.6 is 0 Å². The fraction of sp³-hybridized carbons (Fsp3) is 0.0333. The van der Waals surface area contributed by atoms with E-state index in [1.54, 1.807) is 6.08 Å². The van der Waals surface area contributed by atoms with Crippen LogP contribution < -0.4 is 5.73 Å². The van der Waals surface area contributed by atoms with E-state index < -0.39 is 0 Å². The van der Waals surface area contributed by atoms with Gasteiger partial charge in [0.1, 0.15) is 0 Å². The number of allylic oxidation sites excluding steroid dienone is 3. The number of nitrogens with zero attached hydrogens (tertiary/aromatic N) is 1. The Hall–Kier alpha value is -4.35. The molecule has 152 valence electrons. The Morgan fingerprint density at radius 1 is 0.750 bits per heavy atom. The Labute approximate surface area is 187 Å². The van der Waals surface area contributed by atoms with Crippen molar-refractivity contribution in [3.05, 3.63) is 120 Å². The molecule has 0 heterocycles. The smallest absolute Gasteiger partial charge is 0.0988 e. The second-order valence-electron chi connectivity index (χ2n) is 7.84. The van der Waals surface area contributed by atoms with E-state index in [2.05, 4.69) is 97.1 Å². The third-order valence-electron chi connectivity index (χ3n) is 6.00. The number of hydrogen-bond donors (Lipinski definition) is 1. The van der Waals surface area contributed by atoms with Gasteiger partial charge in [-0.25, -0.2) is 0 Å². The maximum Gasteiger partial charge on any atom is 0.0988 e. The van der Waals surface area contributed by atoms with Crippen molar-refractivity contribution >= 4 is 32.3 Å². The minimum atomic E-state index is 0.567. The topological polar surface area (TPSA) is 49.8 Å². The van der Waals surface area contributed by atoms with Crippen molar-refractivity contribution in [2.45, 2.75) is 6.42 Å². The van der Waals surface area contributed by atoms with Crippen LogP contribution in [0.3, 0.4) is 0 Å². The molecule has 5 rings (SSSR count). The zero-order chi connectivity index (χ0) is 21.9. The first kappa shape index (κ1) is 19.6. The second kappa shape index (κ2) is 8.41. The Morgan fingerprint density at radius 3 is 2.06 bits per heavy atom. The number of benzene rings is 5. The minimum absolute atomic E-state index is 0.567. The molecule has 0 fully saturated rings. The molecule has 2 heteroatoms. The zero-order valence-corrected chi connectivity index (χ0v) is 17.6. The molecule has 0 saturated heterocycles. The minimum Gasteiger partial charge on any atom is -0.405 e. The Balaban J connectivity index is 1.93. The van der Waals surface area contributed by atoms with Crippen LogP contribution in [0.1, 0.15) is 5.56 Å². The summed E-state index contributed by atoms with van der Waals surface area (Å²) in [4.78, 5) is 0. The lowest BCUT2D eigenvalue weighted by Crippen LogP contribution is -1.94. The third-order valence-corrected chi connectivity index (χ3v) is 6.00. The van der Waals surface area contributed by atoms with Gasteiger partial charge in [-0.2, -0.15) is 5.26 Å². The van der Waals surface area contributed by atoms with Crippen molar-refractivity contribution in [2.24, 2.45) is 5.73 Å². The van der Waals surface area contributed by atoms with Gasteiger partial charge in [0, 0.05) is 5.57 Å². The standard InChI is InChI=1S/C30H22N2/c31-17-16-21(20-32)14-15-26-25-12-6-7-13-27(25)30(22-8-2-1-3-9-22)29-19-24-11-5-4-10-23(24)18-28(26)29/h1-14,16-19H,15,31H2/b17-16-,21-14+. The summed E-state index contributed by atoms with van der Waals surface area (Å²) >= 11 is 0. The Morgan fingerprint density at radius 2 is 1.38 bits per heavy atom. The van der Waals surface area contributed by atoms with Gasteiger partial charge >= 0.3 is 0 Å². The summed E-state index contributed by atoms with van der Waals surface area (Å²) in [5, 5.41) is 16.8. The van der Waals surface area contributed by atoms with E-state index in [-0.39, 0.29) is 0 Å². The number of nitriles is 1. The first-order chi connectivity index (χ1) is 15.8. The van der Waals surface area contributed by atoms with Gasteiger partial charge in [0.15, 0.2) is 0 Å². The quantitative estimate of drug-likeness (QED) is 0.192. The average Bonchev–Trinajstić information content (AvgIpc) is 2.85. The van der Waals surface area contributed by atoms with Crippen molar-refractivity contribution in [2.75, 3.05) is 0 Å². The van der Waals surface area contributed by atoms with Gasteiger partial charge in [0.2, 0.25) is 0 Å². The van der Waals surface area contributed by atoms with Gasteiger partial charge < -0.3 is 5.73 Å². The molecule has 5 aromatic carbocycles. The van der Waals surface area contributed by atoms with Gasteiger partial charge in [-0.1, -0.05) is 84.9 Å². The van der Waals surface area contributed by atoms with Gasteiger partial charge in [-0.05, 0) is 79.8 Å². The molecule has 0 atom stereocenters. The molecule has 0 radical (unpaired) electrons. The largest absolute Gasteiger partial charge is 0.405 e. The summed E-state index contributed by atoms with van der Waals surface area (Å²) in [5.41, 5.74) is 9.77. The highest BCUT2D eigenvalue weighted by atomic mass is 14.5. The van der Waals surface area contributed by atoms with Crippen molar-refractivity contribution in [1.82, 2.24) is 0 Å². The lowest BCUT2D eigenvalue weighted by Gasteiger charge is -2.17. The molecule has 0 spiro atoms. The van der Waals surface area contributed by atoms with Crippen LogP contribution in [0.25, 0.3) is 43.4 Å². The molecule has 5 aromatic rings. The lowest BCUT2D eigenvalue weighted by atomic mass is 9.86. The number of hydrogen-bond acceptors (Lipinski definition) is 2. The fourth-order valence-corrected chi connectivity index (χ4v) is 4.55. The van der Waals surface area contributed by atoms with Crippen LogP contribution in [0.15, 0.2) is 115 Å². The van der Waals surface area contributed by atoms with Crippen LogP contribution in [0.4, 0.5) is 0 Å². The summed E-state index contributed by atoms with van der Waals surface area (Å²) in [6.45, 7) is 0. The first-order valence-electron chi connectivity index (χ1n) is 10.7. The lowest BCUT2D eigenvalue weighted by molar-refractivity contribution is 1.30. The first-order valence-corrected chi connectivity index (χ1v) is 10.7. The SMILES string of the molecule is N#CC(/C=C\N)=C/Cc1c2ccccc2c(-c2ccccc2)c2cc3ccccc3cc12. The molecule has 2 nitrogen and oxygen atoms in total. The van der Waals surface area contributed by atoms with Gasteiger partial charge in [0.05, 0.1) is 6.07 Å².